The van der Waals surface area contributed by atoms with E-state index in [2.05, 4.69) is 15.3 Å². The number of nitrogens with two attached hydrogens (primary N) is 1. The van der Waals surface area contributed by atoms with E-state index in [0.717, 1.165) is 12.5 Å². The third-order valence-corrected chi connectivity index (χ3v) is 4.38. The minimum Gasteiger partial charge on any atom is -0.494 e. The van der Waals surface area contributed by atoms with Crippen molar-refractivity contribution in [3.8, 4) is 17.2 Å². The van der Waals surface area contributed by atoms with Gasteiger partial charge in [-0.3, -0.25) is 4.79 Å². The number of alkyl halides is 3. The summed E-state index contributed by atoms with van der Waals surface area (Å²) >= 11 is 0. The van der Waals surface area contributed by atoms with Crippen LogP contribution in [0.2, 0.25) is 0 Å². The molecule has 160 valence electrons. The average Bonchev–Trinajstić information content (AvgIpc) is 3.15. The minimum absolute atomic E-state index is 0.00218. The van der Waals surface area contributed by atoms with Crippen molar-refractivity contribution in [2.45, 2.75) is 32.5 Å². The van der Waals surface area contributed by atoms with Crippen molar-refractivity contribution >= 4 is 16.8 Å². The Kier molecular flexibility index (Phi) is 5.97. The average molecular weight is 422 g/mol. The Morgan fingerprint density at radius 1 is 1.27 bits per heavy atom. The highest BCUT2D eigenvalue weighted by Crippen LogP contribution is 2.37. The summed E-state index contributed by atoms with van der Waals surface area (Å²) in [6, 6.07) is 4.58. The Morgan fingerprint density at radius 3 is 2.60 bits per heavy atom. The van der Waals surface area contributed by atoms with Crippen LogP contribution in [0.25, 0.3) is 22.4 Å². The lowest BCUT2D eigenvalue weighted by molar-refractivity contribution is -0.140. The van der Waals surface area contributed by atoms with Crippen molar-refractivity contribution in [1.82, 2.24) is 15.3 Å². The van der Waals surface area contributed by atoms with Gasteiger partial charge >= 0.3 is 6.18 Å². The van der Waals surface area contributed by atoms with Crippen molar-refractivity contribution in [2.75, 3.05) is 13.7 Å². The van der Waals surface area contributed by atoms with Gasteiger partial charge in [-0.05, 0) is 37.6 Å². The molecule has 1 amide bonds. The zero-order valence-corrected chi connectivity index (χ0v) is 16.6. The van der Waals surface area contributed by atoms with Gasteiger partial charge in [0.15, 0.2) is 11.5 Å². The molecule has 0 saturated carbocycles. The number of halogens is 3. The Hall–Kier alpha value is -3.14. The van der Waals surface area contributed by atoms with E-state index in [1.165, 1.54) is 19.2 Å². The number of pyridine rings is 1. The van der Waals surface area contributed by atoms with E-state index >= 15 is 0 Å². The van der Waals surface area contributed by atoms with Crippen LogP contribution < -0.4 is 15.8 Å². The molecule has 0 aliphatic heterocycles. The number of rotatable bonds is 6. The van der Waals surface area contributed by atoms with Crippen LogP contribution >= 0.6 is 0 Å². The Morgan fingerprint density at radius 2 is 2.00 bits per heavy atom. The Balaban J connectivity index is 2.18. The van der Waals surface area contributed by atoms with Gasteiger partial charge in [0.2, 0.25) is 5.89 Å². The van der Waals surface area contributed by atoms with Gasteiger partial charge in [0, 0.05) is 17.5 Å². The first-order chi connectivity index (χ1) is 14.2. The fourth-order valence-corrected chi connectivity index (χ4v) is 2.94. The second-order valence-electron chi connectivity index (χ2n) is 6.68. The van der Waals surface area contributed by atoms with E-state index in [4.69, 9.17) is 14.9 Å². The largest absolute Gasteiger partial charge is 0.494 e. The first kappa shape index (κ1) is 21.6. The predicted octanol–water partition coefficient (Wildman–Crippen LogP) is 4.08. The van der Waals surface area contributed by atoms with Crippen LogP contribution in [0.15, 0.2) is 28.7 Å². The smallest absolute Gasteiger partial charge is 0.433 e. The van der Waals surface area contributed by atoms with Crippen molar-refractivity contribution in [1.29, 1.82) is 0 Å². The van der Waals surface area contributed by atoms with Gasteiger partial charge in [0.25, 0.3) is 5.91 Å². The molecule has 3 aromatic rings. The van der Waals surface area contributed by atoms with Crippen molar-refractivity contribution < 1.29 is 27.1 Å². The molecule has 7 nitrogen and oxygen atoms in total. The van der Waals surface area contributed by atoms with E-state index in [-0.39, 0.29) is 28.6 Å². The van der Waals surface area contributed by atoms with Crippen LogP contribution in [-0.2, 0) is 6.18 Å². The zero-order chi connectivity index (χ0) is 22.1. The van der Waals surface area contributed by atoms with Crippen LogP contribution in [0.3, 0.4) is 0 Å². The van der Waals surface area contributed by atoms with E-state index in [1.54, 1.807) is 13.0 Å². The van der Waals surface area contributed by atoms with E-state index in [0.29, 0.717) is 17.5 Å². The second-order valence-corrected chi connectivity index (χ2v) is 6.68. The number of hydrogen-bond donors (Lipinski definition) is 2. The quantitative estimate of drug-likeness (QED) is 0.621. The van der Waals surface area contributed by atoms with Gasteiger partial charge in [0.1, 0.15) is 17.0 Å². The van der Waals surface area contributed by atoms with Crippen LogP contribution in [0.4, 0.5) is 13.2 Å². The van der Waals surface area contributed by atoms with Crippen LogP contribution in [0.1, 0.15) is 48.3 Å². The topological polar surface area (TPSA) is 103 Å². The fourth-order valence-electron chi connectivity index (χ4n) is 2.94. The van der Waals surface area contributed by atoms with Gasteiger partial charge in [-0.15, -0.1) is 0 Å². The summed E-state index contributed by atoms with van der Waals surface area (Å²) in [5.74, 6) is -0.0326. The maximum atomic E-state index is 13.1. The number of amides is 1. The number of oxazole rings is 1. The third-order valence-electron chi connectivity index (χ3n) is 4.38. The molecule has 30 heavy (non-hydrogen) atoms. The van der Waals surface area contributed by atoms with Crippen molar-refractivity contribution in [3.05, 3.63) is 41.4 Å². The predicted molar refractivity (Wildman–Crippen MR) is 104 cm³/mol. The molecule has 0 bridgehead atoms. The highest BCUT2D eigenvalue weighted by atomic mass is 19.4. The monoisotopic (exact) mass is 422 g/mol. The third kappa shape index (κ3) is 4.09. The van der Waals surface area contributed by atoms with Gasteiger partial charge in [0.05, 0.1) is 13.2 Å². The number of ether oxygens (including phenoxy) is 1. The molecule has 1 atom stereocenters. The number of hydrogen-bond acceptors (Lipinski definition) is 6. The summed E-state index contributed by atoms with van der Waals surface area (Å²) in [6.45, 7) is 4.01. The lowest BCUT2D eigenvalue weighted by atomic mass is 10.1. The van der Waals surface area contributed by atoms with E-state index in [9.17, 15) is 18.0 Å². The lowest BCUT2D eigenvalue weighted by Gasteiger charge is -2.11. The standard InChI is InChI=1S/C20H21F3N4O3/c1-4-9-25-18(28)16-17(10(2)24)30-19(27-16)12-5-7-13(29-3)15-11(12)6-8-14(26-15)20(21,22)23/h5-8,10H,4,9,24H2,1-3H3,(H,25,28)/t10-/m0/s1. The van der Waals surface area contributed by atoms with E-state index in [1.807, 2.05) is 6.92 Å². The van der Waals surface area contributed by atoms with Crippen molar-refractivity contribution in [3.63, 3.8) is 0 Å². The van der Waals surface area contributed by atoms with Gasteiger partial charge < -0.3 is 20.2 Å². The molecule has 0 radical (unpaired) electrons. The SMILES string of the molecule is CCCNC(=O)c1nc(-c2ccc(OC)c3nc(C(F)(F)F)ccc23)oc1[C@H](C)N. The highest BCUT2D eigenvalue weighted by molar-refractivity contribution is 5.98. The Labute approximate surface area is 170 Å². The van der Waals surface area contributed by atoms with Crippen molar-refractivity contribution in [2.24, 2.45) is 5.73 Å². The normalized spacial score (nSPS) is 12.8. The van der Waals surface area contributed by atoms with Gasteiger partial charge in [-0.25, -0.2) is 9.97 Å². The summed E-state index contributed by atoms with van der Waals surface area (Å²) in [5, 5.41) is 3.05. The highest BCUT2D eigenvalue weighted by Gasteiger charge is 2.33. The summed E-state index contributed by atoms with van der Waals surface area (Å²) < 4.78 is 50.3. The molecule has 0 fully saturated rings. The number of nitrogens with one attached hydrogen (secondary N) is 1. The number of carbonyl (C=O) groups excluding carboxylic acids is 1. The molecule has 3 N–H and O–H groups in total. The number of methoxy groups -OCH3 is 1. The minimum atomic E-state index is -4.61. The maximum absolute atomic E-state index is 13.1. The molecule has 0 aliphatic rings. The first-order valence-electron chi connectivity index (χ1n) is 9.27. The summed E-state index contributed by atoms with van der Waals surface area (Å²) in [6.07, 6.45) is -3.87. The molecule has 3 rings (SSSR count). The van der Waals surface area contributed by atoms with Gasteiger partial charge in [-0.2, -0.15) is 13.2 Å². The van der Waals surface area contributed by atoms with Gasteiger partial charge in [-0.1, -0.05) is 6.92 Å². The lowest BCUT2D eigenvalue weighted by Crippen LogP contribution is -2.26. The van der Waals surface area contributed by atoms with Crippen LogP contribution in [0.5, 0.6) is 5.75 Å². The number of carbonyl (C=O) groups is 1. The molecular formula is C20H21F3N4O3. The molecule has 2 aromatic heterocycles. The molecule has 1 aromatic carbocycles. The first-order valence-corrected chi connectivity index (χ1v) is 9.27. The zero-order valence-electron chi connectivity index (χ0n) is 16.6. The molecule has 10 heteroatoms. The number of nitrogens with zero attached hydrogens (tertiary/aromatic N) is 2. The number of aromatic nitrogens is 2. The molecule has 0 saturated heterocycles. The summed E-state index contributed by atoms with van der Waals surface area (Å²) in [4.78, 5) is 20.4. The Bertz CT molecular complexity index is 1080. The second kappa shape index (κ2) is 8.31. The van der Waals surface area contributed by atoms with E-state index < -0.39 is 23.8 Å². The molecule has 0 unspecified atom stereocenters. The van der Waals surface area contributed by atoms with Crippen LogP contribution in [-0.4, -0.2) is 29.5 Å². The summed E-state index contributed by atoms with van der Waals surface area (Å²) in [7, 11) is 1.34. The number of fused-ring (bicyclic) bond motifs is 1. The summed E-state index contributed by atoms with van der Waals surface area (Å²) in [5.41, 5.74) is 5.29. The molecule has 0 aliphatic carbocycles. The number of benzene rings is 1. The molecular weight excluding hydrogens is 401 g/mol. The maximum Gasteiger partial charge on any atom is 0.433 e. The molecule has 0 spiro atoms. The molecule has 2 heterocycles. The van der Waals surface area contributed by atoms with Crippen LogP contribution in [0, 0.1) is 0 Å². The fraction of sp³-hybridized carbons (Fsp3) is 0.350.